The number of hydrogen-bond donors (Lipinski definition) is 19. The molecule has 0 bridgehead atoms. The van der Waals surface area contributed by atoms with Gasteiger partial charge in [-0.3, -0.25) is 0 Å². The van der Waals surface area contributed by atoms with Gasteiger partial charge in [-0.05, 0) is 0 Å². The molecule has 36 atom stereocenters. The summed E-state index contributed by atoms with van der Waals surface area (Å²) in [4.78, 5) is 0. The summed E-state index contributed by atoms with van der Waals surface area (Å²) in [5.74, 6) is -2.21. The van der Waals surface area contributed by atoms with Gasteiger partial charge in [-0.1, -0.05) is 0 Å². The number of fused-ring (bicyclic) bond motifs is 1. The molecule has 87 heavy (non-hydrogen) atoms. The lowest BCUT2D eigenvalue weighted by Gasteiger charge is -2.48. The van der Waals surface area contributed by atoms with Crippen LogP contribution in [0.4, 0.5) is 0 Å². The molecule has 8 saturated heterocycles. The summed E-state index contributed by atoms with van der Waals surface area (Å²) in [7, 11) is 4.67. The Labute approximate surface area is 494 Å². The second kappa shape index (κ2) is 31.1. The van der Waals surface area contributed by atoms with E-state index in [1.165, 1.54) is 21.3 Å². The maximum Gasteiger partial charge on any atom is 0.230 e. The Morgan fingerprint density at radius 3 is 1.09 bits per heavy atom. The van der Waals surface area contributed by atoms with E-state index in [0.29, 0.717) is 0 Å². The van der Waals surface area contributed by atoms with E-state index in [1.54, 1.807) is 0 Å². The first-order valence-electron chi connectivity index (χ1n) is 27.9. The van der Waals surface area contributed by atoms with Crippen LogP contribution in [-0.2, 0) is 90.0 Å². The van der Waals surface area contributed by atoms with Crippen LogP contribution in [0.3, 0.4) is 0 Å². The topological polar surface area (TPSA) is 563 Å². The Morgan fingerprint density at radius 1 is 0.345 bits per heavy atom. The first-order valence-corrected chi connectivity index (χ1v) is 27.9. The minimum atomic E-state index is -2.21. The van der Waals surface area contributed by atoms with Gasteiger partial charge >= 0.3 is 0 Å². The van der Waals surface area contributed by atoms with Gasteiger partial charge in [0.2, 0.25) is 5.79 Å². The van der Waals surface area contributed by atoms with Crippen LogP contribution in [0.2, 0.25) is 0 Å². The SMILES string of the molecule is CO[C@@H]1C(CO)O[C@H](O[C@H]2C(CO)O[C@H](O[C@]34OC3[C@H](O)[C@@H](O[C@H]3C(CO)O[C@H](OC)[C@@H](O)C3O)OC4CO)[C@@H](OCC(O)COCC3O[C@H](O[C@H]4C(CO)O[C@H](OC)[C@@H](O)C4O)[C@@H](O)C(O)[C@H]3O[C@H]3OC(CO)[C@H](OC)C(O)[C@@H]3O)C2O)[C@@H](O)C1O. The molecule has 8 aliphatic rings. The zero-order chi connectivity index (χ0) is 63.5. The Kier molecular flexibility index (Phi) is 25.5. The summed E-state index contributed by atoms with van der Waals surface area (Å²) in [6, 6.07) is 0. The predicted molar refractivity (Wildman–Crippen MR) is 266 cm³/mol. The van der Waals surface area contributed by atoms with Crippen molar-refractivity contribution in [3.8, 4) is 0 Å². The molecule has 8 aliphatic heterocycles. The zero-order valence-electron chi connectivity index (χ0n) is 47.3. The van der Waals surface area contributed by atoms with Crippen LogP contribution in [0.15, 0.2) is 0 Å². The fourth-order valence-corrected chi connectivity index (χ4v) is 11.6. The summed E-state index contributed by atoms with van der Waals surface area (Å²) in [6.45, 7) is -7.44. The molecule has 508 valence electrons. The smallest absolute Gasteiger partial charge is 0.230 e. The highest BCUT2D eigenvalue weighted by atomic mass is 16.9. The fourth-order valence-electron chi connectivity index (χ4n) is 11.6. The highest BCUT2D eigenvalue weighted by Gasteiger charge is 2.74. The molecule has 0 aliphatic carbocycles. The second-order valence-electron chi connectivity index (χ2n) is 21.9. The van der Waals surface area contributed by atoms with Gasteiger partial charge < -0.3 is 187 Å². The maximum atomic E-state index is 12.2. The van der Waals surface area contributed by atoms with Crippen LogP contribution in [-0.4, -0.2) is 406 Å². The molecule has 19 N–H and O–H groups in total. The van der Waals surface area contributed by atoms with Gasteiger partial charge in [0.15, 0.2) is 44.0 Å². The van der Waals surface area contributed by atoms with Gasteiger partial charge in [0, 0.05) is 28.4 Å². The third-order valence-electron chi connectivity index (χ3n) is 16.4. The Bertz CT molecular complexity index is 2060. The second-order valence-corrected chi connectivity index (χ2v) is 21.9. The first kappa shape index (κ1) is 71.3. The number of ether oxygens (including phenoxy) is 19. The first-order chi connectivity index (χ1) is 41.5. The van der Waals surface area contributed by atoms with Crippen LogP contribution >= 0.6 is 0 Å². The number of rotatable bonds is 27. The molecule has 0 aromatic rings. The summed E-state index contributed by atoms with van der Waals surface area (Å²) in [6.07, 6.45) is -59.8. The largest absolute Gasteiger partial charge is 0.394 e. The van der Waals surface area contributed by atoms with Crippen molar-refractivity contribution in [2.45, 2.75) is 221 Å². The highest BCUT2D eigenvalue weighted by molar-refractivity contribution is 5.11. The molecule has 38 heteroatoms. The van der Waals surface area contributed by atoms with E-state index in [2.05, 4.69) is 0 Å². The van der Waals surface area contributed by atoms with Crippen molar-refractivity contribution in [3.05, 3.63) is 0 Å². The number of methoxy groups -OCH3 is 4. The van der Waals surface area contributed by atoms with E-state index in [1.807, 2.05) is 0 Å². The van der Waals surface area contributed by atoms with E-state index in [0.717, 1.165) is 7.11 Å². The van der Waals surface area contributed by atoms with Crippen molar-refractivity contribution in [2.24, 2.45) is 0 Å². The van der Waals surface area contributed by atoms with E-state index < -0.39 is 280 Å². The molecular formula is C49H84O38. The molecule has 0 amide bonds. The third kappa shape index (κ3) is 14.7. The average Bonchev–Trinajstić information content (AvgIpc) is 1.61. The molecule has 8 fully saturated rings. The molecule has 8 rings (SSSR count). The number of hydrogen-bond acceptors (Lipinski definition) is 38. The quantitative estimate of drug-likeness (QED) is 0.0340. The molecule has 0 spiro atoms. The van der Waals surface area contributed by atoms with E-state index in [9.17, 15) is 97.0 Å². The molecule has 38 nitrogen and oxygen atoms in total. The van der Waals surface area contributed by atoms with Crippen molar-refractivity contribution in [3.63, 3.8) is 0 Å². The van der Waals surface area contributed by atoms with Crippen LogP contribution in [0.25, 0.3) is 0 Å². The standard InChI is InChI=1S/C49H84O38/c1-69-34-15(5-50)77-44(29(64)22(34)57)84-38-19(9-54)79-48(87-49-21(10-55)81-47(33(68)41(49)86-49)83-37-18(8-53)76-43(72-4)28(63)25(37)60)40(32(38)67)74-12-14(56)11-73-13-20-39(85-45-30(65)23(58)35(70-2)16(6-51)78-45)26(61)31(66)46(80-20)82-36-17(7-52)75-42(71-3)27(62)24(36)59/h14-48,50-68H,5-13H2,1-4H3/t14?,15?,16?,17?,18?,19?,20?,21?,22?,23?,24?,25?,26?,27-,28-,29-,30-,31-,32?,33-,34+,35-,36-,37-,38-,39-,40-,41?,42-,43-,44+,45+,46+,47+,48+,49-/m0/s1. The molecule has 0 radical (unpaired) electrons. The lowest BCUT2D eigenvalue weighted by molar-refractivity contribution is -0.387. The lowest BCUT2D eigenvalue weighted by atomic mass is 9.96. The van der Waals surface area contributed by atoms with Crippen molar-refractivity contribution < 1.29 is 187 Å². The molecule has 15 unspecified atom stereocenters. The van der Waals surface area contributed by atoms with Gasteiger partial charge in [-0.2, -0.15) is 0 Å². The van der Waals surface area contributed by atoms with Gasteiger partial charge in [0.05, 0.1) is 59.5 Å². The number of epoxide rings is 1. The number of aliphatic hydroxyl groups is 19. The van der Waals surface area contributed by atoms with Crippen molar-refractivity contribution in [2.75, 3.05) is 87.9 Å². The maximum absolute atomic E-state index is 12.2. The van der Waals surface area contributed by atoms with Crippen LogP contribution in [0.1, 0.15) is 0 Å². The average molecular weight is 1280 g/mol. The normalized spacial score (nSPS) is 50.8. The fraction of sp³-hybridized carbons (Fsp3) is 1.00. The molecule has 8 heterocycles. The molecular weight excluding hydrogens is 1200 g/mol. The van der Waals surface area contributed by atoms with Gasteiger partial charge in [0.1, 0.15) is 171 Å². The van der Waals surface area contributed by atoms with Crippen molar-refractivity contribution >= 4 is 0 Å². The third-order valence-corrected chi connectivity index (χ3v) is 16.4. The van der Waals surface area contributed by atoms with Crippen LogP contribution in [0, 0.1) is 0 Å². The summed E-state index contributed by atoms with van der Waals surface area (Å²) >= 11 is 0. The Balaban J connectivity index is 1.00. The Hall–Kier alpha value is -1.52. The van der Waals surface area contributed by atoms with Crippen LogP contribution in [0.5, 0.6) is 0 Å². The minimum Gasteiger partial charge on any atom is -0.394 e. The summed E-state index contributed by atoms with van der Waals surface area (Å²) in [5, 5.41) is 207. The summed E-state index contributed by atoms with van der Waals surface area (Å²) < 4.78 is 108. The van der Waals surface area contributed by atoms with E-state index >= 15 is 0 Å². The van der Waals surface area contributed by atoms with E-state index in [4.69, 9.17) is 90.0 Å². The number of aliphatic hydroxyl groups excluding tert-OH is 19. The molecule has 0 aromatic carbocycles. The van der Waals surface area contributed by atoms with Gasteiger partial charge in [-0.25, -0.2) is 0 Å². The molecule has 0 saturated carbocycles. The summed E-state index contributed by atoms with van der Waals surface area (Å²) in [5.41, 5.74) is 0. The minimum absolute atomic E-state index is 0.746. The van der Waals surface area contributed by atoms with Gasteiger partial charge in [0.25, 0.3) is 0 Å². The van der Waals surface area contributed by atoms with E-state index in [-0.39, 0.29) is 0 Å². The monoisotopic (exact) mass is 1280 g/mol. The predicted octanol–water partition coefficient (Wildman–Crippen LogP) is -13.9. The zero-order valence-corrected chi connectivity index (χ0v) is 47.3. The highest BCUT2D eigenvalue weighted by Crippen LogP contribution is 2.52. The van der Waals surface area contributed by atoms with Gasteiger partial charge in [-0.15, -0.1) is 0 Å². The van der Waals surface area contributed by atoms with Crippen molar-refractivity contribution in [1.29, 1.82) is 0 Å². The molecule has 0 aromatic heterocycles. The Morgan fingerprint density at radius 2 is 0.690 bits per heavy atom. The van der Waals surface area contributed by atoms with Crippen molar-refractivity contribution in [1.82, 2.24) is 0 Å². The van der Waals surface area contributed by atoms with Crippen LogP contribution < -0.4 is 0 Å². The lowest BCUT2D eigenvalue weighted by Crippen LogP contribution is -2.67.